The van der Waals surface area contributed by atoms with Crippen LogP contribution in [0.3, 0.4) is 0 Å². The highest BCUT2D eigenvalue weighted by molar-refractivity contribution is 6.38. The third-order valence-corrected chi connectivity index (χ3v) is 10.1. The molecule has 260 valence electrons. The summed E-state index contributed by atoms with van der Waals surface area (Å²) in [7, 11) is 1.37. The van der Waals surface area contributed by atoms with Crippen molar-refractivity contribution < 1.29 is 33.5 Å². The van der Waals surface area contributed by atoms with E-state index < -0.39 is 59.2 Å². The molecule has 1 heterocycles. The van der Waals surface area contributed by atoms with E-state index in [1.54, 1.807) is 18.7 Å². The largest absolute Gasteiger partial charge is 0.461 e. The fourth-order valence-corrected chi connectivity index (χ4v) is 7.30. The van der Waals surface area contributed by atoms with Crippen molar-refractivity contribution in [1.82, 2.24) is 26.2 Å². The van der Waals surface area contributed by atoms with E-state index in [1.165, 1.54) is 7.05 Å². The second kappa shape index (κ2) is 15.2. The molecule has 1 saturated heterocycles. The Morgan fingerprint density at radius 3 is 2.13 bits per heavy atom. The van der Waals surface area contributed by atoms with Gasteiger partial charge in [-0.05, 0) is 61.7 Å². The summed E-state index contributed by atoms with van der Waals surface area (Å²) >= 11 is 0. The molecule has 3 fully saturated rings. The molecule has 0 aromatic heterocycles. The molecule has 3 aliphatic rings. The number of esters is 1. The maximum atomic E-state index is 14.5. The molecule has 0 radical (unpaired) electrons. The SMILES string of the molecule is CCCCC(NC(=O)[C@@H]1[C@@H]2[C@H](CN1C(=O)[C@@H](NC(=O)N[C@H](C(=O)OC(C)C)C(C)(C)C)C1CCCCC1)C2(C)C)C(=O)C(=O)NC. The van der Waals surface area contributed by atoms with E-state index in [0.717, 1.165) is 38.5 Å². The van der Waals surface area contributed by atoms with Gasteiger partial charge >= 0.3 is 12.0 Å². The molecule has 2 aliphatic carbocycles. The Morgan fingerprint density at radius 1 is 0.957 bits per heavy atom. The van der Waals surface area contributed by atoms with E-state index in [0.29, 0.717) is 19.4 Å². The summed E-state index contributed by atoms with van der Waals surface area (Å²) in [6.07, 6.45) is 5.76. The van der Waals surface area contributed by atoms with E-state index in [9.17, 15) is 28.8 Å². The molecule has 2 saturated carbocycles. The number of nitrogens with zero attached hydrogens (tertiary/aromatic N) is 1. The Balaban J connectivity index is 1.87. The Bertz CT molecular complexity index is 1160. The normalized spacial score (nSPS) is 24.2. The number of ether oxygens (including phenoxy) is 1. The fourth-order valence-electron chi connectivity index (χ4n) is 7.30. The number of rotatable bonds is 13. The first-order chi connectivity index (χ1) is 21.4. The van der Waals surface area contributed by atoms with Crippen LogP contribution in [0.25, 0.3) is 0 Å². The van der Waals surface area contributed by atoms with Gasteiger partial charge < -0.3 is 30.9 Å². The van der Waals surface area contributed by atoms with Gasteiger partial charge in [0.2, 0.25) is 17.6 Å². The van der Waals surface area contributed by atoms with Gasteiger partial charge in [-0.25, -0.2) is 9.59 Å². The van der Waals surface area contributed by atoms with Gasteiger partial charge in [0, 0.05) is 13.6 Å². The number of carbonyl (C=O) groups excluding carboxylic acids is 6. The molecule has 46 heavy (non-hydrogen) atoms. The third kappa shape index (κ3) is 8.59. The van der Waals surface area contributed by atoms with E-state index in [2.05, 4.69) is 35.1 Å². The standard InChI is InChI=1S/C34H57N5O7/c1-10-11-17-22(26(40)29(42)35-9)36-28(41)25-23-21(34(23,7)8)18-39(25)30(43)24(20-15-13-12-14-16-20)37-32(45)38-27(33(4,5)6)31(44)46-19(2)3/h19-25,27H,10-18H2,1-9H3,(H,35,42)(H,36,41)(H2,37,38,45)/t21-,22?,23-,24-,25-,27+/m0/s1. The zero-order chi connectivity index (χ0) is 34.6. The van der Waals surface area contributed by atoms with E-state index >= 15 is 0 Å². The lowest BCUT2D eigenvalue weighted by atomic mass is 9.83. The number of carbonyl (C=O) groups is 6. The molecular weight excluding hydrogens is 590 g/mol. The van der Waals surface area contributed by atoms with Gasteiger partial charge in [0.1, 0.15) is 18.1 Å². The Morgan fingerprint density at radius 2 is 1.59 bits per heavy atom. The predicted molar refractivity (Wildman–Crippen MR) is 173 cm³/mol. The van der Waals surface area contributed by atoms with Crippen LogP contribution in [0.5, 0.6) is 0 Å². The summed E-state index contributed by atoms with van der Waals surface area (Å²) in [6.45, 7) is 15.4. The van der Waals surface area contributed by atoms with E-state index in [1.807, 2.05) is 27.7 Å². The number of urea groups is 1. The van der Waals surface area contributed by atoms with Gasteiger partial charge in [-0.1, -0.05) is 73.6 Å². The van der Waals surface area contributed by atoms with Crippen LogP contribution >= 0.6 is 0 Å². The van der Waals surface area contributed by atoms with Crippen LogP contribution in [0.1, 0.15) is 107 Å². The van der Waals surface area contributed by atoms with Gasteiger partial charge in [-0.15, -0.1) is 0 Å². The topological polar surface area (TPSA) is 163 Å². The van der Waals surface area contributed by atoms with Crippen molar-refractivity contribution in [2.75, 3.05) is 13.6 Å². The molecule has 4 N–H and O–H groups in total. The van der Waals surface area contributed by atoms with Crippen molar-refractivity contribution in [3.63, 3.8) is 0 Å². The van der Waals surface area contributed by atoms with Crippen molar-refractivity contribution in [2.24, 2.45) is 28.6 Å². The lowest BCUT2D eigenvalue weighted by molar-refractivity contribution is -0.152. The number of fused-ring (bicyclic) bond motifs is 1. The summed E-state index contributed by atoms with van der Waals surface area (Å²) in [5, 5.41) is 10.8. The molecule has 12 nitrogen and oxygen atoms in total. The average molecular weight is 648 g/mol. The number of hydrogen-bond acceptors (Lipinski definition) is 7. The number of piperidine rings is 1. The van der Waals surface area contributed by atoms with Crippen LogP contribution in [0.15, 0.2) is 0 Å². The monoisotopic (exact) mass is 647 g/mol. The minimum Gasteiger partial charge on any atom is -0.461 e. The molecule has 5 amide bonds. The van der Waals surface area contributed by atoms with Gasteiger partial charge in [0.25, 0.3) is 5.91 Å². The molecule has 0 aromatic carbocycles. The summed E-state index contributed by atoms with van der Waals surface area (Å²) in [5.41, 5.74) is -0.830. The molecule has 12 heteroatoms. The van der Waals surface area contributed by atoms with Crippen molar-refractivity contribution in [3.8, 4) is 0 Å². The zero-order valence-electron chi connectivity index (χ0n) is 29.3. The summed E-state index contributed by atoms with van der Waals surface area (Å²) in [6, 6.07) is -4.34. The summed E-state index contributed by atoms with van der Waals surface area (Å²) < 4.78 is 5.41. The minimum atomic E-state index is -0.997. The van der Waals surface area contributed by atoms with Gasteiger partial charge in [-0.3, -0.25) is 19.2 Å². The van der Waals surface area contributed by atoms with Crippen LogP contribution in [0.2, 0.25) is 0 Å². The molecule has 1 aliphatic heterocycles. The van der Waals surface area contributed by atoms with Crippen molar-refractivity contribution in [1.29, 1.82) is 0 Å². The average Bonchev–Trinajstić information content (AvgIpc) is 3.29. The highest BCUT2D eigenvalue weighted by Gasteiger charge is 2.69. The predicted octanol–water partition coefficient (Wildman–Crippen LogP) is 3.07. The second-order valence-electron chi connectivity index (χ2n) is 15.3. The van der Waals surface area contributed by atoms with Crippen molar-refractivity contribution in [2.45, 2.75) is 137 Å². The number of Topliss-reactive ketones (excluding diaryl/α,β-unsaturated/α-hetero) is 1. The highest BCUT2D eigenvalue weighted by atomic mass is 16.5. The number of likely N-dealkylation sites (N-methyl/N-ethyl adjacent to an activating group) is 1. The lowest BCUT2D eigenvalue weighted by Gasteiger charge is -2.37. The molecule has 3 rings (SSSR count). The van der Waals surface area contributed by atoms with Crippen molar-refractivity contribution >= 4 is 35.5 Å². The van der Waals surface area contributed by atoms with E-state index in [-0.39, 0.29) is 35.2 Å². The minimum absolute atomic E-state index is 0.0906. The van der Waals surface area contributed by atoms with Crippen LogP contribution < -0.4 is 21.3 Å². The molecule has 6 atom stereocenters. The number of likely N-dealkylation sites (tertiary alicyclic amines) is 1. The second-order valence-corrected chi connectivity index (χ2v) is 15.3. The number of unbranched alkanes of at least 4 members (excludes halogenated alkanes) is 1. The molecular formula is C34H57N5O7. The van der Waals surface area contributed by atoms with Crippen LogP contribution in [-0.4, -0.2) is 84.3 Å². The smallest absolute Gasteiger partial charge is 0.329 e. The van der Waals surface area contributed by atoms with Crippen LogP contribution in [0.4, 0.5) is 4.79 Å². The van der Waals surface area contributed by atoms with Gasteiger partial charge in [0.15, 0.2) is 0 Å². The first-order valence-corrected chi connectivity index (χ1v) is 17.1. The van der Waals surface area contributed by atoms with Gasteiger partial charge in [-0.2, -0.15) is 0 Å². The Kier molecular flexibility index (Phi) is 12.3. The highest BCUT2D eigenvalue weighted by Crippen LogP contribution is 2.65. The lowest BCUT2D eigenvalue weighted by Crippen LogP contribution is -2.61. The van der Waals surface area contributed by atoms with Crippen molar-refractivity contribution in [3.05, 3.63) is 0 Å². The van der Waals surface area contributed by atoms with Gasteiger partial charge in [0.05, 0.1) is 12.1 Å². The Hall–Kier alpha value is -3.18. The maximum absolute atomic E-state index is 14.5. The van der Waals surface area contributed by atoms with E-state index in [4.69, 9.17) is 4.74 Å². The molecule has 0 aromatic rings. The third-order valence-electron chi connectivity index (χ3n) is 10.1. The molecule has 0 bridgehead atoms. The number of hydrogen-bond donors (Lipinski definition) is 4. The summed E-state index contributed by atoms with van der Waals surface area (Å²) in [4.78, 5) is 81.5. The number of amides is 5. The maximum Gasteiger partial charge on any atom is 0.329 e. The van der Waals surface area contributed by atoms with Crippen LogP contribution in [-0.2, 0) is 28.7 Å². The zero-order valence-corrected chi connectivity index (χ0v) is 29.3. The number of nitrogens with one attached hydrogen (secondary N) is 4. The first kappa shape index (κ1) is 37.3. The fraction of sp³-hybridized carbons (Fsp3) is 0.824. The quantitative estimate of drug-likeness (QED) is 0.176. The Labute approximate surface area is 274 Å². The number of ketones is 1. The molecule has 0 spiro atoms. The molecule has 1 unspecified atom stereocenters. The summed E-state index contributed by atoms with van der Waals surface area (Å²) in [5.74, 6) is -3.00. The van der Waals surface area contributed by atoms with Crippen LogP contribution in [0, 0.1) is 28.6 Å². The first-order valence-electron chi connectivity index (χ1n) is 17.1.